The van der Waals surface area contributed by atoms with Crippen LogP contribution < -0.4 is 4.74 Å². The molecule has 0 bridgehead atoms. The Kier molecular flexibility index (Phi) is 5.52. The lowest BCUT2D eigenvalue weighted by atomic mass is 10.1. The van der Waals surface area contributed by atoms with Crippen LogP contribution in [-0.4, -0.2) is 16.7 Å². The molecule has 0 aliphatic rings. The monoisotopic (exact) mass is 378 g/mol. The Morgan fingerprint density at radius 2 is 1.74 bits per heavy atom. The highest BCUT2D eigenvalue weighted by Crippen LogP contribution is 2.33. The van der Waals surface area contributed by atoms with Crippen LogP contribution in [0.4, 0.5) is 0 Å². The minimum Gasteiger partial charge on any atom is -0.497 e. The molecule has 0 aliphatic carbocycles. The number of rotatable bonds is 4. The predicted molar refractivity (Wildman–Crippen MR) is 114 cm³/mol. The zero-order chi connectivity index (χ0) is 18.1. The molecule has 0 amide bonds. The number of pyridine rings is 1. The van der Waals surface area contributed by atoms with Gasteiger partial charge in [-0.1, -0.05) is 42.5 Å². The molecule has 0 atom stereocenters. The van der Waals surface area contributed by atoms with E-state index in [9.17, 15) is 0 Å². The van der Waals surface area contributed by atoms with Crippen LogP contribution in [0.1, 0.15) is 16.8 Å². The number of fused-ring (bicyclic) bond motifs is 1. The summed E-state index contributed by atoms with van der Waals surface area (Å²) in [5.74, 6) is 0.884. The molecule has 2 aromatic heterocycles. The van der Waals surface area contributed by atoms with Gasteiger partial charge in [-0.2, -0.15) is 0 Å². The van der Waals surface area contributed by atoms with E-state index < -0.39 is 0 Å². The number of benzene rings is 2. The quantitative estimate of drug-likeness (QED) is 0.448. The van der Waals surface area contributed by atoms with Crippen molar-refractivity contribution >= 4 is 23.3 Å². The molecule has 27 heavy (non-hydrogen) atoms. The highest BCUT2D eigenvalue weighted by Gasteiger charge is 2.16. The van der Waals surface area contributed by atoms with E-state index in [4.69, 9.17) is 9.72 Å². The third kappa shape index (κ3) is 3.43. The Morgan fingerprint density at radius 3 is 2.48 bits per heavy atom. The van der Waals surface area contributed by atoms with E-state index >= 15 is 0 Å². The van der Waals surface area contributed by atoms with E-state index in [0.29, 0.717) is 0 Å². The average molecular weight is 379 g/mol. The lowest BCUT2D eigenvalue weighted by Crippen LogP contribution is -2.03. The summed E-state index contributed by atoms with van der Waals surface area (Å²) in [5, 5.41) is 1.26. The maximum Gasteiger partial charge on any atom is 0.119 e. The van der Waals surface area contributed by atoms with Gasteiger partial charge in [-0.3, -0.25) is 4.98 Å². The Bertz CT molecular complexity index is 1070. The van der Waals surface area contributed by atoms with Gasteiger partial charge in [-0.25, -0.2) is 0 Å². The normalized spacial score (nSPS) is 10.6. The van der Waals surface area contributed by atoms with Crippen molar-refractivity contribution in [3.05, 3.63) is 83.7 Å². The summed E-state index contributed by atoms with van der Waals surface area (Å²) < 4.78 is 7.76. The van der Waals surface area contributed by atoms with E-state index in [2.05, 4.69) is 60.9 Å². The van der Waals surface area contributed by atoms with E-state index in [1.165, 1.54) is 27.7 Å². The largest absolute Gasteiger partial charge is 0.497 e. The highest BCUT2D eigenvalue weighted by molar-refractivity contribution is 5.95. The molecule has 0 saturated carbocycles. The first-order chi connectivity index (χ1) is 12.7. The van der Waals surface area contributed by atoms with Crippen molar-refractivity contribution in [2.45, 2.75) is 20.4 Å². The Morgan fingerprint density at radius 1 is 0.963 bits per heavy atom. The molecule has 4 heteroatoms. The van der Waals surface area contributed by atoms with Gasteiger partial charge in [0.25, 0.3) is 0 Å². The van der Waals surface area contributed by atoms with Gasteiger partial charge in [-0.05, 0) is 43.2 Å². The van der Waals surface area contributed by atoms with Gasteiger partial charge in [0, 0.05) is 29.4 Å². The number of hydrogen-bond donors (Lipinski definition) is 0. The second-order valence-electron chi connectivity index (χ2n) is 6.57. The van der Waals surface area contributed by atoms with E-state index in [1.807, 2.05) is 24.4 Å². The molecule has 0 radical (unpaired) electrons. The van der Waals surface area contributed by atoms with Gasteiger partial charge in [-0.15, -0.1) is 12.4 Å². The van der Waals surface area contributed by atoms with Crippen LogP contribution in [0.15, 0.2) is 66.9 Å². The lowest BCUT2D eigenvalue weighted by Gasteiger charge is -2.12. The standard InChI is InChI=1S/C23H22N2O.ClH/c1-16-17(2)25(15-18-8-7-11-20(14-18)26-3)23-21(16)12-13-24-22(23)19-9-5-4-6-10-19;/h4-14H,15H2,1-3H3;1H. The van der Waals surface area contributed by atoms with Crippen LogP contribution in [0.5, 0.6) is 5.75 Å². The lowest BCUT2D eigenvalue weighted by molar-refractivity contribution is 0.414. The predicted octanol–water partition coefficient (Wildman–Crippen LogP) is 5.80. The van der Waals surface area contributed by atoms with Crippen molar-refractivity contribution < 1.29 is 4.74 Å². The van der Waals surface area contributed by atoms with Crippen LogP contribution in [0, 0.1) is 13.8 Å². The summed E-state index contributed by atoms with van der Waals surface area (Å²) in [6, 6.07) is 20.8. The Hall–Kier alpha value is -2.78. The molecule has 138 valence electrons. The van der Waals surface area contributed by atoms with Crippen molar-refractivity contribution in [3.63, 3.8) is 0 Å². The summed E-state index contributed by atoms with van der Waals surface area (Å²) >= 11 is 0. The SMILES string of the molecule is COc1cccc(Cn2c(C)c(C)c3ccnc(-c4ccccc4)c32)c1.Cl. The topological polar surface area (TPSA) is 27.1 Å². The van der Waals surface area contributed by atoms with Gasteiger partial charge in [0.2, 0.25) is 0 Å². The Balaban J connectivity index is 0.00000210. The maximum absolute atomic E-state index is 5.39. The number of aromatic nitrogens is 2. The minimum absolute atomic E-state index is 0. The fourth-order valence-electron chi connectivity index (χ4n) is 3.55. The number of aryl methyl sites for hydroxylation is 1. The maximum atomic E-state index is 5.39. The highest BCUT2D eigenvalue weighted by atomic mass is 35.5. The second-order valence-corrected chi connectivity index (χ2v) is 6.57. The molecule has 4 aromatic rings. The summed E-state index contributed by atoms with van der Waals surface area (Å²) in [7, 11) is 1.71. The van der Waals surface area contributed by atoms with Crippen molar-refractivity contribution in [1.29, 1.82) is 0 Å². The number of methoxy groups -OCH3 is 1. The molecule has 0 aliphatic heterocycles. The fourth-order valence-corrected chi connectivity index (χ4v) is 3.55. The first kappa shape index (κ1) is 19.0. The van der Waals surface area contributed by atoms with Gasteiger partial charge < -0.3 is 9.30 Å². The number of halogens is 1. The molecule has 2 aromatic carbocycles. The smallest absolute Gasteiger partial charge is 0.119 e. The minimum atomic E-state index is 0. The molecule has 0 saturated heterocycles. The summed E-state index contributed by atoms with van der Waals surface area (Å²) in [4.78, 5) is 4.72. The summed E-state index contributed by atoms with van der Waals surface area (Å²) in [6.45, 7) is 5.16. The van der Waals surface area contributed by atoms with Gasteiger partial charge >= 0.3 is 0 Å². The molecule has 0 fully saturated rings. The molecule has 0 N–H and O–H groups in total. The van der Waals surface area contributed by atoms with Crippen molar-refractivity contribution in [3.8, 4) is 17.0 Å². The van der Waals surface area contributed by atoms with E-state index in [-0.39, 0.29) is 12.4 Å². The van der Waals surface area contributed by atoms with Crippen molar-refractivity contribution in [1.82, 2.24) is 9.55 Å². The Labute approximate surface area is 166 Å². The van der Waals surface area contributed by atoms with Crippen LogP contribution >= 0.6 is 12.4 Å². The number of ether oxygens (including phenoxy) is 1. The van der Waals surface area contributed by atoms with Gasteiger partial charge in [0.15, 0.2) is 0 Å². The molecule has 0 spiro atoms. The third-order valence-corrected chi connectivity index (χ3v) is 5.07. The first-order valence-electron chi connectivity index (χ1n) is 8.82. The van der Waals surface area contributed by atoms with Gasteiger partial charge in [0.1, 0.15) is 5.75 Å². The van der Waals surface area contributed by atoms with Crippen LogP contribution in [0.25, 0.3) is 22.2 Å². The number of nitrogens with zero attached hydrogens (tertiary/aromatic N) is 2. The van der Waals surface area contributed by atoms with Crippen LogP contribution in [0.2, 0.25) is 0 Å². The second kappa shape index (κ2) is 7.85. The van der Waals surface area contributed by atoms with Crippen LogP contribution in [0.3, 0.4) is 0 Å². The molecular weight excluding hydrogens is 356 g/mol. The number of hydrogen-bond acceptors (Lipinski definition) is 2. The molecule has 0 unspecified atom stereocenters. The zero-order valence-electron chi connectivity index (χ0n) is 15.8. The van der Waals surface area contributed by atoms with E-state index in [0.717, 1.165) is 23.6 Å². The summed E-state index contributed by atoms with van der Waals surface area (Å²) in [6.07, 6.45) is 1.91. The molecule has 2 heterocycles. The first-order valence-corrected chi connectivity index (χ1v) is 8.82. The van der Waals surface area contributed by atoms with Crippen molar-refractivity contribution in [2.75, 3.05) is 7.11 Å². The zero-order valence-corrected chi connectivity index (χ0v) is 16.6. The molecular formula is C23H23ClN2O. The molecule has 4 rings (SSSR count). The molecule has 3 nitrogen and oxygen atoms in total. The van der Waals surface area contributed by atoms with Crippen molar-refractivity contribution in [2.24, 2.45) is 0 Å². The average Bonchev–Trinajstić information content (AvgIpc) is 2.94. The van der Waals surface area contributed by atoms with E-state index in [1.54, 1.807) is 7.11 Å². The fraction of sp³-hybridized carbons (Fsp3) is 0.174. The van der Waals surface area contributed by atoms with Crippen LogP contribution in [-0.2, 0) is 6.54 Å². The third-order valence-electron chi connectivity index (χ3n) is 5.07. The van der Waals surface area contributed by atoms with Gasteiger partial charge in [0.05, 0.1) is 18.3 Å². The summed E-state index contributed by atoms with van der Waals surface area (Å²) in [5.41, 5.74) is 7.16.